The number of amides is 1. The van der Waals surface area contributed by atoms with Crippen LogP contribution in [0.3, 0.4) is 0 Å². The third-order valence-electron chi connectivity index (χ3n) is 4.26. The molecule has 120 valence electrons. The van der Waals surface area contributed by atoms with Crippen molar-refractivity contribution in [1.82, 2.24) is 15.0 Å². The molecule has 3 heterocycles. The molecule has 0 radical (unpaired) electrons. The fourth-order valence-corrected chi connectivity index (χ4v) is 3.95. The van der Waals surface area contributed by atoms with Crippen LogP contribution >= 0.6 is 11.3 Å². The summed E-state index contributed by atoms with van der Waals surface area (Å²) >= 11 is 1.54. The lowest BCUT2D eigenvalue weighted by atomic mass is 10.2. The second-order valence-corrected chi connectivity index (χ2v) is 7.37. The van der Waals surface area contributed by atoms with Gasteiger partial charge in [-0.3, -0.25) is 14.5 Å². The van der Waals surface area contributed by atoms with Gasteiger partial charge in [-0.1, -0.05) is 0 Å². The van der Waals surface area contributed by atoms with Gasteiger partial charge in [0.1, 0.15) is 16.5 Å². The molecule has 1 fully saturated rings. The van der Waals surface area contributed by atoms with Gasteiger partial charge in [-0.2, -0.15) is 0 Å². The number of hydrogen-bond donors (Lipinski definition) is 1. The molecular weight excluding hydrogens is 312 g/mol. The number of nitrogens with one attached hydrogen (secondary N) is 1. The fourth-order valence-electron chi connectivity index (χ4n) is 2.97. The minimum absolute atomic E-state index is 0.190. The first-order chi connectivity index (χ1) is 11.1. The molecule has 0 saturated heterocycles. The molecule has 2 aromatic rings. The van der Waals surface area contributed by atoms with E-state index in [-0.39, 0.29) is 17.2 Å². The average molecular weight is 330 g/mol. The number of rotatable bonds is 2. The number of thiazole rings is 1. The van der Waals surface area contributed by atoms with Crippen LogP contribution in [0.5, 0.6) is 0 Å². The normalized spacial score (nSPS) is 17.7. The number of nitrogens with zero attached hydrogens (tertiary/aromatic N) is 3. The van der Waals surface area contributed by atoms with Crippen LogP contribution in [-0.2, 0) is 6.42 Å². The molecule has 23 heavy (non-hydrogen) atoms. The summed E-state index contributed by atoms with van der Waals surface area (Å²) in [5.41, 5.74) is 0.987. The smallest absolute Gasteiger partial charge is 0.277 e. The maximum Gasteiger partial charge on any atom is 0.277 e. The Bertz CT molecular complexity index is 822. The summed E-state index contributed by atoms with van der Waals surface area (Å²) in [6.45, 7) is 2.61. The maximum atomic E-state index is 13.0. The second-order valence-electron chi connectivity index (χ2n) is 6.19. The van der Waals surface area contributed by atoms with Gasteiger partial charge in [-0.15, -0.1) is 11.3 Å². The number of H-pyrrole nitrogens is 1. The minimum Gasteiger partial charge on any atom is -0.310 e. The zero-order chi connectivity index (χ0) is 16.0. The Morgan fingerprint density at radius 2 is 2.17 bits per heavy atom. The minimum atomic E-state index is -0.249. The molecule has 6 nitrogen and oxygen atoms in total. The Hall–Kier alpha value is -2.02. The Morgan fingerprint density at radius 3 is 2.96 bits per heavy atom. The van der Waals surface area contributed by atoms with Crippen LogP contribution in [0.15, 0.2) is 10.9 Å². The fraction of sp³-hybridized carbons (Fsp3) is 0.500. The van der Waals surface area contributed by atoms with E-state index in [0.29, 0.717) is 18.3 Å². The van der Waals surface area contributed by atoms with E-state index < -0.39 is 0 Å². The van der Waals surface area contributed by atoms with Crippen molar-refractivity contribution in [3.8, 4) is 0 Å². The summed E-state index contributed by atoms with van der Waals surface area (Å²) in [7, 11) is 0. The van der Waals surface area contributed by atoms with E-state index in [4.69, 9.17) is 0 Å². The van der Waals surface area contributed by atoms with Gasteiger partial charge in [0.2, 0.25) is 0 Å². The van der Waals surface area contributed by atoms with Crippen LogP contribution in [-0.4, -0.2) is 27.4 Å². The van der Waals surface area contributed by atoms with Crippen molar-refractivity contribution in [2.24, 2.45) is 0 Å². The zero-order valence-electron chi connectivity index (χ0n) is 13.0. The average Bonchev–Trinajstić information content (AvgIpc) is 3.32. The van der Waals surface area contributed by atoms with E-state index in [1.807, 2.05) is 6.92 Å². The Labute approximate surface area is 137 Å². The predicted molar refractivity (Wildman–Crippen MR) is 88.3 cm³/mol. The molecule has 0 unspecified atom stereocenters. The third-order valence-corrected chi connectivity index (χ3v) is 5.30. The molecule has 1 saturated carbocycles. The lowest BCUT2D eigenvalue weighted by Crippen LogP contribution is -2.33. The van der Waals surface area contributed by atoms with E-state index in [2.05, 4.69) is 15.0 Å². The molecule has 0 spiro atoms. The number of carbonyl (C=O) groups is 1. The van der Waals surface area contributed by atoms with Crippen LogP contribution in [0.25, 0.3) is 0 Å². The van der Waals surface area contributed by atoms with Gasteiger partial charge >= 0.3 is 0 Å². The summed E-state index contributed by atoms with van der Waals surface area (Å²) < 4.78 is 0. The molecule has 1 aliphatic heterocycles. The number of hydrogen-bond acceptors (Lipinski definition) is 5. The van der Waals surface area contributed by atoms with E-state index in [0.717, 1.165) is 47.8 Å². The van der Waals surface area contributed by atoms with Crippen molar-refractivity contribution < 1.29 is 4.79 Å². The number of aromatic nitrogens is 3. The molecule has 0 aromatic carbocycles. The van der Waals surface area contributed by atoms with E-state index in [1.54, 1.807) is 16.2 Å². The molecule has 1 amide bonds. The predicted octanol–water partition coefficient (Wildman–Crippen LogP) is 2.40. The highest BCUT2D eigenvalue weighted by Gasteiger charge is 2.30. The van der Waals surface area contributed by atoms with Gasteiger partial charge < -0.3 is 4.98 Å². The van der Waals surface area contributed by atoms with Gasteiger partial charge in [0, 0.05) is 18.5 Å². The first kappa shape index (κ1) is 14.6. The van der Waals surface area contributed by atoms with E-state index in [1.165, 1.54) is 6.07 Å². The molecule has 1 N–H and O–H groups in total. The zero-order valence-corrected chi connectivity index (χ0v) is 13.8. The van der Waals surface area contributed by atoms with Crippen LogP contribution in [0.2, 0.25) is 0 Å². The lowest BCUT2D eigenvalue weighted by Gasteiger charge is -2.19. The highest BCUT2D eigenvalue weighted by molar-refractivity contribution is 7.16. The monoisotopic (exact) mass is 330 g/mol. The van der Waals surface area contributed by atoms with Gasteiger partial charge in [0.15, 0.2) is 0 Å². The van der Waals surface area contributed by atoms with Crippen molar-refractivity contribution >= 4 is 22.2 Å². The highest BCUT2D eigenvalue weighted by Crippen LogP contribution is 2.38. The van der Waals surface area contributed by atoms with Crippen LogP contribution in [0.4, 0.5) is 5.00 Å². The van der Waals surface area contributed by atoms with Gasteiger partial charge in [-0.25, -0.2) is 9.97 Å². The first-order valence-electron chi connectivity index (χ1n) is 8.01. The summed E-state index contributed by atoms with van der Waals surface area (Å²) in [4.78, 5) is 38.3. The van der Waals surface area contributed by atoms with Crippen LogP contribution in [0, 0.1) is 6.92 Å². The topological polar surface area (TPSA) is 79.0 Å². The summed E-state index contributed by atoms with van der Waals surface area (Å²) in [6, 6.07) is 1.31. The Kier molecular flexibility index (Phi) is 3.52. The summed E-state index contributed by atoms with van der Waals surface area (Å²) in [5.74, 6) is 0.766. The standard InChI is InChI=1S/C16H18N4O2S/c1-9-17-11-4-2-3-7-20(16(11)23-9)15(22)12-8-13(21)19-14(18-12)10-5-6-10/h8,10H,2-7H2,1H3,(H,18,19,21). The summed E-state index contributed by atoms with van der Waals surface area (Å²) in [6.07, 6.45) is 4.92. The first-order valence-corrected chi connectivity index (χ1v) is 8.83. The van der Waals surface area contributed by atoms with Crippen molar-refractivity contribution in [3.05, 3.63) is 38.6 Å². The molecular formula is C16H18N4O2S. The van der Waals surface area contributed by atoms with Crippen molar-refractivity contribution in [2.45, 2.75) is 44.9 Å². The number of anilines is 1. The van der Waals surface area contributed by atoms with Crippen molar-refractivity contribution in [3.63, 3.8) is 0 Å². The van der Waals surface area contributed by atoms with Gasteiger partial charge in [0.25, 0.3) is 11.5 Å². The number of fused-ring (bicyclic) bond motifs is 1. The number of aromatic amines is 1. The SMILES string of the molecule is Cc1nc2c(s1)N(C(=O)c1cc(=O)[nH]c(C3CC3)n1)CCCC2. The molecule has 4 rings (SSSR count). The molecule has 0 bridgehead atoms. The Balaban J connectivity index is 1.72. The van der Waals surface area contributed by atoms with Gasteiger partial charge in [0.05, 0.1) is 10.7 Å². The van der Waals surface area contributed by atoms with Crippen molar-refractivity contribution in [2.75, 3.05) is 11.4 Å². The molecule has 7 heteroatoms. The van der Waals surface area contributed by atoms with Crippen LogP contribution in [0.1, 0.15) is 58.6 Å². The second kappa shape index (κ2) is 5.56. The largest absolute Gasteiger partial charge is 0.310 e. The number of carbonyl (C=O) groups excluding carboxylic acids is 1. The van der Waals surface area contributed by atoms with E-state index in [9.17, 15) is 9.59 Å². The van der Waals surface area contributed by atoms with E-state index >= 15 is 0 Å². The molecule has 2 aliphatic rings. The quantitative estimate of drug-likeness (QED) is 0.917. The molecule has 1 aliphatic carbocycles. The summed E-state index contributed by atoms with van der Waals surface area (Å²) in [5, 5.41) is 1.88. The molecule has 0 atom stereocenters. The lowest BCUT2D eigenvalue weighted by molar-refractivity contribution is 0.0982. The third kappa shape index (κ3) is 2.81. The highest BCUT2D eigenvalue weighted by atomic mass is 32.1. The molecule has 2 aromatic heterocycles. The van der Waals surface area contributed by atoms with Crippen molar-refractivity contribution in [1.29, 1.82) is 0 Å². The number of aryl methyl sites for hydroxylation is 2. The van der Waals surface area contributed by atoms with Crippen LogP contribution < -0.4 is 10.5 Å². The van der Waals surface area contributed by atoms with Gasteiger partial charge in [-0.05, 0) is 39.0 Å². The maximum absolute atomic E-state index is 13.0. The Morgan fingerprint density at radius 1 is 1.35 bits per heavy atom.